The summed E-state index contributed by atoms with van der Waals surface area (Å²) in [4.78, 5) is 4.34. The van der Waals surface area contributed by atoms with E-state index < -0.39 is 0 Å². The van der Waals surface area contributed by atoms with Crippen LogP contribution in [0.15, 0.2) is 54.7 Å². The molecule has 3 heteroatoms. The van der Waals surface area contributed by atoms with E-state index in [4.69, 9.17) is 0 Å². The normalized spacial score (nSPS) is 10.6. The molecule has 0 spiro atoms. The lowest BCUT2D eigenvalue weighted by Crippen LogP contribution is -1.96. The molecule has 0 N–H and O–H groups in total. The van der Waals surface area contributed by atoms with Crippen LogP contribution in [0.3, 0.4) is 0 Å². The third kappa shape index (κ3) is 2.27. The van der Waals surface area contributed by atoms with Crippen LogP contribution < -0.4 is 0 Å². The van der Waals surface area contributed by atoms with Gasteiger partial charge in [0.2, 0.25) is 0 Å². The molecule has 0 aliphatic heterocycles. The molecular formula is C16H12FN2. The van der Waals surface area contributed by atoms with Crippen LogP contribution in [0.1, 0.15) is 5.56 Å². The topological polar surface area (TPSA) is 17.8 Å². The van der Waals surface area contributed by atoms with Crippen LogP contribution in [0.2, 0.25) is 0 Å². The van der Waals surface area contributed by atoms with E-state index in [0.29, 0.717) is 0 Å². The number of nitrogens with zero attached hydrogens (tertiary/aromatic N) is 2. The van der Waals surface area contributed by atoms with Crippen LogP contribution in [0.25, 0.3) is 17.1 Å². The highest BCUT2D eigenvalue weighted by Gasteiger charge is 2.08. The molecule has 93 valence electrons. The van der Waals surface area contributed by atoms with Gasteiger partial charge in [-0.2, -0.15) is 0 Å². The highest BCUT2D eigenvalue weighted by atomic mass is 19.1. The summed E-state index contributed by atoms with van der Waals surface area (Å²) in [6.07, 6.45) is 4.67. The molecule has 0 bridgehead atoms. The van der Waals surface area contributed by atoms with E-state index in [1.54, 1.807) is 18.3 Å². The summed E-state index contributed by atoms with van der Waals surface area (Å²) in [5.41, 5.74) is 3.03. The van der Waals surface area contributed by atoms with Gasteiger partial charge in [0.1, 0.15) is 11.6 Å². The minimum absolute atomic E-state index is 0.249. The van der Waals surface area contributed by atoms with Gasteiger partial charge >= 0.3 is 0 Å². The smallest absolute Gasteiger partial charge is 0.145 e. The van der Waals surface area contributed by atoms with Gasteiger partial charge in [-0.1, -0.05) is 23.8 Å². The molecule has 3 rings (SSSR count). The highest BCUT2D eigenvalue weighted by molar-refractivity contribution is 5.59. The number of aromatic nitrogens is 2. The van der Waals surface area contributed by atoms with Crippen LogP contribution >= 0.6 is 0 Å². The van der Waals surface area contributed by atoms with Crippen molar-refractivity contribution in [2.45, 2.75) is 6.92 Å². The molecule has 0 fully saturated rings. The zero-order chi connectivity index (χ0) is 13.2. The summed E-state index contributed by atoms with van der Waals surface area (Å²) in [5.74, 6) is 0.552. The molecule has 1 heterocycles. The SMILES string of the molecule is Cc1cccc(-c2nc[c]n2-c2ccc(F)cc2)c1. The molecule has 0 aliphatic carbocycles. The standard InChI is InChI=1S/C16H12FN2/c1-12-3-2-4-13(11-12)16-18-9-10-19(16)15-7-5-14(17)6-8-15/h2-9,11H,1H3. The van der Waals surface area contributed by atoms with Crippen molar-refractivity contribution in [2.24, 2.45) is 0 Å². The van der Waals surface area contributed by atoms with Gasteiger partial charge in [0, 0.05) is 11.3 Å². The number of aryl methyl sites for hydroxylation is 1. The molecule has 0 unspecified atom stereocenters. The fourth-order valence-electron chi connectivity index (χ4n) is 2.04. The summed E-state index contributed by atoms with van der Waals surface area (Å²) < 4.78 is 14.8. The first kappa shape index (κ1) is 11.7. The lowest BCUT2D eigenvalue weighted by Gasteiger charge is -2.08. The molecular weight excluding hydrogens is 239 g/mol. The van der Waals surface area contributed by atoms with Gasteiger partial charge in [-0.3, -0.25) is 4.57 Å². The third-order valence-corrected chi connectivity index (χ3v) is 2.95. The minimum Gasteiger partial charge on any atom is -0.291 e. The quantitative estimate of drug-likeness (QED) is 0.677. The lowest BCUT2D eigenvalue weighted by molar-refractivity contribution is 0.627. The molecule has 0 atom stereocenters. The number of rotatable bonds is 2. The Morgan fingerprint density at radius 2 is 1.89 bits per heavy atom. The third-order valence-electron chi connectivity index (χ3n) is 2.95. The van der Waals surface area contributed by atoms with E-state index in [9.17, 15) is 4.39 Å². The second kappa shape index (κ2) is 4.69. The predicted octanol–water partition coefficient (Wildman–Crippen LogP) is 3.79. The van der Waals surface area contributed by atoms with Crippen molar-refractivity contribution in [3.8, 4) is 17.1 Å². The van der Waals surface area contributed by atoms with Gasteiger partial charge in [0.25, 0.3) is 0 Å². The molecule has 0 saturated heterocycles. The molecule has 3 aromatic rings. The fourth-order valence-corrected chi connectivity index (χ4v) is 2.04. The Labute approximate surface area is 111 Å². The summed E-state index contributed by atoms with van der Waals surface area (Å²) in [5, 5.41) is 0. The summed E-state index contributed by atoms with van der Waals surface area (Å²) in [7, 11) is 0. The van der Waals surface area contributed by atoms with Gasteiger partial charge in [0.15, 0.2) is 0 Å². The van der Waals surface area contributed by atoms with Crippen molar-refractivity contribution in [1.82, 2.24) is 9.55 Å². The van der Waals surface area contributed by atoms with Crippen LogP contribution in [0.4, 0.5) is 4.39 Å². The molecule has 1 aromatic heterocycles. The molecule has 2 nitrogen and oxygen atoms in total. The zero-order valence-corrected chi connectivity index (χ0v) is 10.5. The Bertz CT molecular complexity index is 699. The molecule has 0 saturated carbocycles. The highest BCUT2D eigenvalue weighted by Crippen LogP contribution is 2.22. The Hall–Kier alpha value is -2.42. The average molecular weight is 251 g/mol. The molecule has 0 aliphatic rings. The van der Waals surface area contributed by atoms with Gasteiger partial charge in [-0.05, 0) is 37.3 Å². The van der Waals surface area contributed by atoms with E-state index >= 15 is 0 Å². The van der Waals surface area contributed by atoms with Crippen LogP contribution in [-0.2, 0) is 0 Å². The first-order chi connectivity index (χ1) is 9.24. The number of hydrogen-bond donors (Lipinski definition) is 0. The molecule has 1 radical (unpaired) electrons. The second-order valence-electron chi connectivity index (χ2n) is 4.39. The van der Waals surface area contributed by atoms with Crippen molar-refractivity contribution in [1.29, 1.82) is 0 Å². The first-order valence-electron chi connectivity index (χ1n) is 6.02. The summed E-state index contributed by atoms with van der Waals surface area (Å²) in [6.45, 7) is 2.04. The minimum atomic E-state index is -0.249. The lowest BCUT2D eigenvalue weighted by atomic mass is 10.1. The molecule has 19 heavy (non-hydrogen) atoms. The Balaban J connectivity index is 2.10. The van der Waals surface area contributed by atoms with Gasteiger partial charge < -0.3 is 0 Å². The van der Waals surface area contributed by atoms with E-state index in [-0.39, 0.29) is 5.82 Å². The van der Waals surface area contributed by atoms with E-state index in [1.165, 1.54) is 17.7 Å². The number of benzene rings is 2. The maximum atomic E-state index is 13.0. The monoisotopic (exact) mass is 251 g/mol. The van der Waals surface area contributed by atoms with Crippen LogP contribution in [-0.4, -0.2) is 9.55 Å². The van der Waals surface area contributed by atoms with E-state index in [0.717, 1.165) is 17.1 Å². The van der Waals surface area contributed by atoms with Crippen molar-refractivity contribution in [2.75, 3.05) is 0 Å². The van der Waals surface area contributed by atoms with Crippen molar-refractivity contribution < 1.29 is 4.39 Å². The van der Waals surface area contributed by atoms with Gasteiger partial charge in [-0.15, -0.1) is 0 Å². The van der Waals surface area contributed by atoms with Gasteiger partial charge in [-0.25, -0.2) is 9.37 Å². The molecule has 0 amide bonds. The van der Waals surface area contributed by atoms with Crippen LogP contribution in [0, 0.1) is 18.9 Å². The molecule has 2 aromatic carbocycles. The number of imidazole rings is 1. The average Bonchev–Trinajstić information content (AvgIpc) is 2.89. The Morgan fingerprint density at radius 3 is 2.63 bits per heavy atom. The Kier molecular flexibility index (Phi) is 2.88. The fraction of sp³-hybridized carbons (Fsp3) is 0.0625. The van der Waals surface area contributed by atoms with Crippen molar-refractivity contribution >= 4 is 0 Å². The van der Waals surface area contributed by atoms with E-state index in [2.05, 4.69) is 17.2 Å². The zero-order valence-electron chi connectivity index (χ0n) is 10.5. The van der Waals surface area contributed by atoms with Gasteiger partial charge in [0.05, 0.1) is 12.4 Å². The predicted molar refractivity (Wildman–Crippen MR) is 72.5 cm³/mol. The summed E-state index contributed by atoms with van der Waals surface area (Å²) >= 11 is 0. The maximum Gasteiger partial charge on any atom is 0.145 e. The Morgan fingerprint density at radius 1 is 1.11 bits per heavy atom. The largest absolute Gasteiger partial charge is 0.291 e. The van der Waals surface area contributed by atoms with Crippen molar-refractivity contribution in [3.05, 3.63) is 72.3 Å². The second-order valence-corrected chi connectivity index (χ2v) is 4.39. The first-order valence-corrected chi connectivity index (χ1v) is 6.02. The van der Waals surface area contributed by atoms with E-state index in [1.807, 2.05) is 29.7 Å². The van der Waals surface area contributed by atoms with Crippen molar-refractivity contribution in [3.63, 3.8) is 0 Å². The maximum absolute atomic E-state index is 13.0. The number of halogens is 1. The van der Waals surface area contributed by atoms with Crippen LogP contribution in [0.5, 0.6) is 0 Å². The number of hydrogen-bond acceptors (Lipinski definition) is 1. The summed E-state index contributed by atoms with van der Waals surface area (Å²) in [6, 6.07) is 14.4.